The second kappa shape index (κ2) is 7.14. The lowest BCUT2D eigenvalue weighted by atomic mass is 10.1. The Bertz CT molecular complexity index is 1030. The monoisotopic (exact) mass is 364 g/mol. The molecule has 1 aliphatic rings. The van der Waals surface area contributed by atoms with Gasteiger partial charge in [-0.2, -0.15) is 5.10 Å². The van der Waals surface area contributed by atoms with Gasteiger partial charge in [-0.25, -0.2) is 4.98 Å². The number of hydrogen-bond donors (Lipinski definition) is 1. The highest BCUT2D eigenvalue weighted by atomic mass is 16.2. The molecular weight excluding hydrogens is 344 g/mol. The standard InChI is InChI=1S/C19H20N6O2/c1-24-10-15(9-23-24)19-14(3-2-6-20-19)8-21-17(26)11-25-12-22-16(7-18(25)27)13-4-5-13/h2-3,6-7,9-10,12-13H,4-5,8,11H2,1H3,(H,21,26). The number of amides is 1. The number of hydrogen-bond acceptors (Lipinski definition) is 5. The Labute approximate surface area is 155 Å². The molecule has 0 unspecified atom stereocenters. The van der Waals surface area contributed by atoms with Crippen molar-refractivity contribution in [3.63, 3.8) is 0 Å². The maximum absolute atomic E-state index is 12.3. The van der Waals surface area contributed by atoms with Crippen LogP contribution >= 0.6 is 0 Å². The lowest BCUT2D eigenvalue weighted by Gasteiger charge is -2.10. The highest BCUT2D eigenvalue weighted by Crippen LogP contribution is 2.38. The maximum Gasteiger partial charge on any atom is 0.254 e. The van der Waals surface area contributed by atoms with Crippen molar-refractivity contribution in [3.05, 3.63) is 64.7 Å². The molecule has 0 bridgehead atoms. The van der Waals surface area contributed by atoms with Gasteiger partial charge in [-0.1, -0.05) is 6.07 Å². The minimum atomic E-state index is -0.251. The minimum absolute atomic E-state index is 0.0563. The van der Waals surface area contributed by atoms with Gasteiger partial charge in [0.25, 0.3) is 5.56 Å². The van der Waals surface area contributed by atoms with Crippen molar-refractivity contribution in [2.75, 3.05) is 0 Å². The fourth-order valence-electron chi connectivity index (χ4n) is 2.95. The Morgan fingerprint density at radius 1 is 1.33 bits per heavy atom. The zero-order chi connectivity index (χ0) is 18.8. The predicted molar refractivity (Wildman–Crippen MR) is 98.8 cm³/mol. The smallest absolute Gasteiger partial charge is 0.254 e. The molecule has 8 nitrogen and oxygen atoms in total. The third-order valence-electron chi connectivity index (χ3n) is 4.56. The molecule has 4 rings (SSSR count). The average Bonchev–Trinajstić information content (AvgIpc) is 3.43. The van der Waals surface area contributed by atoms with Gasteiger partial charge in [0, 0.05) is 43.5 Å². The van der Waals surface area contributed by atoms with Crippen molar-refractivity contribution in [1.82, 2.24) is 29.6 Å². The van der Waals surface area contributed by atoms with Crippen LogP contribution < -0.4 is 10.9 Å². The molecule has 0 radical (unpaired) electrons. The number of nitrogens with zero attached hydrogens (tertiary/aromatic N) is 5. The highest BCUT2D eigenvalue weighted by Gasteiger charge is 2.25. The van der Waals surface area contributed by atoms with Crippen LogP contribution in [0.15, 0.2) is 47.9 Å². The zero-order valence-corrected chi connectivity index (χ0v) is 15.0. The van der Waals surface area contributed by atoms with Gasteiger partial charge < -0.3 is 5.32 Å². The highest BCUT2D eigenvalue weighted by molar-refractivity contribution is 5.76. The summed E-state index contributed by atoms with van der Waals surface area (Å²) >= 11 is 0. The van der Waals surface area contributed by atoms with Crippen molar-refractivity contribution < 1.29 is 4.79 Å². The normalized spacial score (nSPS) is 13.5. The molecule has 0 saturated heterocycles. The van der Waals surface area contributed by atoms with E-state index in [2.05, 4.69) is 20.4 Å². The van der Waals surface area contributed by atoms with Crippen LogP contribution in [0.2, 0.25) is 0 Å². The molecule has 3 aromatic rings. The lowest BCUT2D eigenvalue weighted by molar-refractivity contribution is -0.121. The first-order valence-electron chi connectivity index (χ1n) is 8.86. The Balaban J connectivity index is 1.42. The Kier molecular flexibility index (Phi) is 4.53. The first-order valence-corrected chi connectivity index (χ1v) is 8.86. The van der Waals surface area contributed by atoms with Gasteiger partial charge in [0.15, 0.2) is 0 Å². The van der Waals surface area contributed by atoms with Crippen LogP contribution in [-0.2, 0) is 24.9 Å². The van der Waals surface area contributed by atoms with E-state index in [1.165, 1.54) is 17.0 Å². The van der Waals surface area contributed by atoms with Crippen LogP contribution in [0.1, 0.15) is 30.0 Å². The molecule has 138 valence electrons. The molecule has 1 saturated carbocycles. The summed E-state index contributed by atoms with van der Waals surface area (Å²) in [5.41, 5.74) is 3.18. The van der Waals surface area contributed by atoms with Crippen LogP contribution in [-0.4, -0.2) is 30.2 Å². The molecule has 0 spiro atoms. The third-order valence-corrected chi connectivity index (χ3v) is 4.56. The summed E-state index contributed by atoms with van der Waals surface area (Å²) in [7, 11) is 1.84. The van der Waals surface area contributed by atoms with Crippen LogP contribution in [0, 0.1) is 0 Å². The average molecular weight is 364 g/mol. The fraction of sp³-hybridized carbons (Fsp3) is 0.316. The molecule has 1 N–H and O–H groups in total. The summed E-state index contributed by atoms with van der Waals surface area (Å²) < 4.78 is 3.03. The van der Waals surface area contributed by atoms with E-state index in [9.17, 15) is 9.59 Å². The number of aromatic nitrogens is 5. The molecule has 0 atom stereocenters. The number of rotatable bonds is 6. The summed E-state index contributed by atoms with van der Waals surface area (Å²) in [5.74, 6) is 0.164. The van der Waals surface area contributed by atoms with Gasteiger partial charge in [-0.05, 0) is 24.5 Å². The molecule has 1 fully saturated rings. The molecule has 1 amide bonds. The SMILES string of the molecule is Cn1cc(-c2ncccc2CNC(=O)Cn2cnc(C3CC3)cc2=O)cn1. The van der Waals surface area contributed by atoms with Crippen molar-refractivity contribution >= 4 is 5.91 Å². The Morgan fingerprint density at radius 2 is 2.19 bits per heavy atom. The summed E-state index contributed by atoms with van der Waals surface area (Å²) in [4.78, 5) is 33.1. The van der Waals surface area contributed by atoms with Crippen LogP contribution in [0.25, 0.3) is 11.3 Å². The largest absolute Gasteiger partial charge is 0.350 e. The molecular formula is C19H20N6O2. The van der Waals surface area contributed by atoms with Crippen molar-refractivity contribution in [2.24, 2.45) is 7.05 Å². The van der Waals surface area contributed by atoms with E-state index in [1.807, 2.05) is 25.4 Å². The predicted octanol–water partition coefficient (Wildman–Crippen LogP) is 1.23. The second-order valence-corrected chi connectivity index (χ2v) is 6.74. The molecule has 1 aliphatic carbocycles. The van der Waals surface area contributed by atoms with E-state index >= 15 is 0 Å². The van der Waals surface area contributed by atoms with Gasteiger partial charge in [-0.3, -0.25) is 23.8 Å². The summed E-state index contributed by atoms with van der Waals surface area (Å²) in [5, 5.41) is 7.01. The minimum Gasteiger partial charge on any atom is -0.350 e. The van der Waals surface area contributed by atoms with E-state index in [1.54, 1.807) is 17.1 Å². The van der Waals surface area contributed by atoms with Gasteiger partial charge in [0.2, 0.25) is 5.91 Å². The second-order valence-electron chi connectivity index (χ2n) is 6.74. The quantitative estimate of drug-likeness (QED) is 0.710. The first-order chi connectivity index (χ1) is 13.1. The molecule has 3 heterocycles. The van der Waals surface area contributed by atoms with E-state index in [4.69, 9.17) is 0 Å². The molecule has 0 aromatic carbocycles. The van der Waals surface area contributed by atoms with Crippen LogP contribution in [0.5, 0.6) is 0 Å². The van der Waals surface area contributed by atoms with Gasteiger partial charge >= 0.3 is 0 Å². The van der Waals surface area contributed by atoms with Gasteiger partial charge in [0.1, 0.15) is 6.54 Å². The number of aryl methyl sites for hydroxylation is 1. The summed E-state index contributed by atoms with van der Waals surface area (Å²) in [6.07, 6.45) is 8.95. The van der Waals surface area contributed by atoms with E-state index in [0.717, 1.165) is 35.4 Å². The Hall–Kier alpha value is -3.29. The van der Waals surface area contributed by atoms with Crippen LogP contribution in [0.4, 0.5) is 0 Å². The molecule has 0 aliphatic heterocycles. The lowest BCUT2D eigenvalue weighted by Crippen LogP contribution is -2.32. The van der Waals surface area contributed by atoms with Gasteiger partial charge in [-0.15, -0.1) is 0 Å². The van der Waals surface area contributed by atoms with Crippen LogP contribution in [0.3, 0.4) is 0 Å². The summed E-state index contributed by atoms with van der Waals surface area (Å²) in [6.45, 7) is 0.262. The number of carbonyl (C=O) groups is 1. The molecule has 27 heavy (non-hydrogen) atoms. The van der Waals surface area contributed by atoms with E-state index < -0.39 is 0 Å². The van der Waals surface area contributed by atoms with E-state index in [-0.39, 0.29) is 18.0 Å². The Morgan fingerprint density at radius 3 is 2.89 bits per heavy atom. The van der Waals surface area contributed by atoms with Gasteiger partial charge in [0.05, 0.1) is 23.9 Å². The fourth-order valence-corrected chi connectivity index (χ4v) is 2.95. The first kappa shape index (κ1) is 17.1. The number of pyridine rings is 1. The zero-order valence-electron chi connectivity index (χ0n) is 15.0. The maximum atomic E-state index is 12.3. The topological polar surface area (TPSA) is 94.7 Å². The number of nitrogens with one attached hydrogen (secondary N) is 1. The van der Waals surface area contributed by atoms with Crippen molar-refractivity contribution in [3.8, 4) is 11.3 Å². The van der Waals surface area contributed by atoms with E-state index in [0.29, 0.717) is 12.5 Å². The van der Waals surface area contributed by atoms with Crippen molar-refractivity contribution in [1.29, 1.82) is 0 Å². The summed E-state index contributed by atoms with van der Waals surface area (Å²) in [6, 6.07) is 5.27. The third kappa shape index (κ3) is 3.94. The molecule has 3 aromatic heterocycles. The number of carbonyl (C=O) groups excluding carboxylic acids is 1. The van der Waals surface area contributed by atoms with Crippen molar-refractivity contribution in [2.45, 2.75) is 31.8 Å². The molecule has 8 heteroatoms.